The molecule has 0 fully saturated rings. The fraction of sp³-hybridized carbons (Fsp3) is 0.188. The summed E-state index contributed by atoms with van der Waals surface area (Å²) in [5.41, 5.74) is 1.62. The van der Waals surface area contributed by atoms with Gasteiger partial charge in [0.05, 0.1) is 18.6 Å². The molecule has 1 atom stereocenters. The third kappa shape index (κ3) is 2.08. The van der Waals surface area contributed by atoms with E-state index in [2.05, 4.69) is 0 Å². The van der Waals surface area contributed by atoms with Crippen LogP contribution in [0.1, 0.15) is 21.8 Å². The molecule has 0 spiro atoms. The summed E-state index contributed by atoms with van der Waals surface area (Å²) < 4.78 is 10.8. The summed E-state index contributed by atoms with van der Waals surface area (Å²) in [4.78, 5) is 12.5. The van der Waals surface area contributed by atoms with Crippen LogP contribution in [0, 0.1) is 0 Å². The zero-order valence-electron chi connectivity index (χ0n) is 10.6. The van der Waals surface area contributed by atoms with Gasteiger partial charge in [0, 0.05) is 6.07 Å². The molecule has 0 amide bonds. The summed E-state index contributed by atoms with van der Waals surface area (Å²) in [5.74, 6) is 1.19. The maximum absolute atomic E-state index is 12.5. The van der Waals surface area contributed by atoms with Gasteiger partial charge in [0.25, 0.3) is 0 Å². The van der Waals surface area contributed by atoms with Gasteiger partial charge in [-0.05, 0) is 17.7 Å². The number of hydrogen-bond donors (Lipinski definition) is 0. The van der Waals surface area contributed by atoms with E-state index in [0.29, 0.717) is 23.7 Å². The van der Waals surface area contributed by atoms with Crippen molar-refractivity contribution in [3.63, 3.8) is 0 Å². The van der Waals surface area contributed by atoms with E-state index in [9.17, 15) is 4.79 Å². The second kappa shape index (κ2) is 4.76. The summed E-state index contributed by atoms with van der Waals surface area (Å²) in [5, 5.41) is 0. The molecular weight excluding hydrogens is 240 g/mol. The zero-order valence-corrected chi connectivity index (χ0v) is 10.6. The first kappa shape index (κ1) is 11.8. The summed E-state index contributed by atoms with van der Waals surface area (Å²) >= 11 is 0. The van der Waals surface area contributed by atoms with E-state index >= 15 is 0 Å². The number of carbonyl (C=O) groups excluding carboxylic acids is 1. The van der Waals surface area contributed by atoms with Crippen molar-refractivity contribution in [3.8, 4) is 11.5 Å². The lowest BCUT2D eigenvalue weighted by molar-refractivity contribution is 0.0896. The third-order valence-electron chi connectivity index (χ3n) is 3.38. The van der Waals surface area contributed by atoms with Crippen molar-refractivity contribution in [3.05, 3.63) is 59.7 Å². The van der Waals surface area contributed by atoms with E-state index in [1.165, 1.54) is 0 Å². The van der Waals surface area contributed by atoms with Crippen LogP contribution in [-0.2, 0) is 0 Å². The third-order valence-corrected chi connectivity index (χ3v) is 3.38. The lowest BCUT2D eigenvalue weighted by Gasteiger charge is -2.24. The number of hydrogen-bond acceptors (Lipinski definition) is 3. The summed E-state index contributed by atoms with van der Waals surface area (Å²) in [6, 6.07) is 15.0. The molecule has 1 aliphatic rings. The highest BCUT2D eigenvalue weighted by Gasteiger charge is 2.30. The molecule has 2 aromatic rings. The van der Waals surface area contributed by atoms with Crippen molar-refractivity contribution in [2.45, 2.75) is 5.92 Å². The van der Waals surface area contributed by atoms with E-state index in [4.69, 9.17) is 9.47 Å². The van der Waals surface area contributed by atoms with Crippen molar-refractivity contribution in [1.29, 1.82) is 0 Å². The first-order valence-electron chi connectivity index (χ1n) is 6.19. The predicted octanol–water partition coefficient (Wildman–Crippen LogP) is 3.05. The van der Waals surface area contributed by atoms with Crippen LogP contribution >= 0.6 is 0 Å². The fourth-order valence-electron chi connectivity index (χ4n) is 2.32. The Kier molecular flexibility index (Phi) is 2.95. The van der Waals surface area contributed by atoms with Crippen LogP contribution in [-0.4, -0.2) is 19.5 Å². The van der Waals surface area contributed by atoms with Crippen LogP contribution < -0.4 is 9.47 Å². The molecule has 1 aliphatic heterocycles. The molecule has 0 unspecified atom stereocenters. The van der Waals surface area contributed by atoms with Gasteiger partial charge in [0.2, 0.25) is 0 Å². The van der Waals surface area contributed by atoms with E-state index in [-0.39, 0.29) is 11.7 Å². The first-order valence-corrected chi connectivity index (χ1v) is 6.19. The van der Waals surface area contributed by atoms with Gasteiger partial charge in [-0.15, -0.1) is 0 Å². The highest BCUT2D eigenvalue weighted by Crippen LogP contribution is 2.34. The predicted molar refractivity (Wildman–Crippen MR) is 72.0 cm³/mol. The van der Waals surface area contributed by atoms with Gasteiger partial charge in [-0.1, -0.05) is 30.3 Å². The molecule has 3 rings (SSSR count). The monoisotopic (exact) mass is 254 g/mol. The van der Waals surface area contributed by atoms with Crippen LogP contribution in [0.5, 0.6) is 11.5 Å². The number of methoxy groups -OCH3 is 1. The van der Waals surface area contributed by atoms with Gasteiger partial charge in [-0.2, -0.15) is 0 Å². The molecule has 0 aliphatic carbocycles. The lowest BCUT2D eigenvalue weighted by atomic mass is 9.89. The van der Waals surface area contributed by atoms with Gasteiger partial charge in [-0.25, -0.2) is 0 Å². The Hall–Kier alpha value is -2.29. The van der Waals surface area contributed by atoms with Gasteiger partial charge >= 0.3 is 0 Å². The average Bonchev–Trinajstić information content (AvgIpc) is 2.48. The largest absolute Gasteiger partial charge is 0.497 e. The Morgan fingerprint density at radius 1 is 1.16 bits per heavy atom. The number of rotatable bonds is 2. The Morgan fingerprint density at radius 2 is 1.95 bits per heavy atom. The topological polar surface area (TPSA) is 35.5 Å². The zero-order chi connectivity index (χ0) is 13.2. The SMILES string of the molecule is COc1ccc2c(c1)OC[C@H](c1ccccc1)C2=O. The van der Waals surface area contributed by atoms with Gasteiger partial charge in [0.15, 0.2) is 5.78 Å². The number of carbonyl (C=O) groups is 1. The average molecular weight is 254 g/mol. The maximum Gasteiger partial charge on any atom is 0.177 e. The molecular formula is C16H14O3. The molecule has 0 aromatic heterocycles. The van der Waals surface area contributed by atoms with Crippen molar-refractivity contribution in [1.82, 2.24) is 0 Å². The molecule has 3 heteroatoms. The van der Waals surface area contributed by atoms with Crippen molar-refractivity contribution in [2.24, 2.45) is 0 Å². The lowest BCUT2D eigenvalue weighted by Crippen LogP contribution is -2.25. The molecule has 1 heterocycles. The van der Waals surface area contributed by atoms with Crippen molar-refractivity contribution in [2.75, 3.05) is 13.7 Å². The molecule has 2 aromatic carbocycles. The summed E-state index contributed by atoms with van der Waals surface area (Å²) in [7, 11) is 1.60. The molecule has 0 saturated heterocycles. The van der Waals surface area contributed by atoms with Crippen molar-refractivity contribution < 1.29 is 14.3 Å². The minimum Gasteiger partial charge on any atom is -0.497 e. The minimum atomic E-state index is -0.220. The molecule has 0 bridgehead atoms. The number of fused-ring (bicyclic) bond motifs is 1. The Labute approximate surface area is 111 Å². The van der Waals surface area contributed by atoms with Crippen LogP contribution in [0.3, 0.4) is 0 Å². The fourth-order valence-corrected chi connectivity index (χ4v) is 2.32. The number of Topliss-reactive ketones (excluding diaryl/α,β-unsaturated/α-hetero) is 1. The highest BCUT2D eigenvalue weighted by molar-refractivity contribution is 6.04. The number of ether oxygens (including phenoxy) is 2. The van der Waals surface area contributed by atoms with Crippen LogP contribution in [0.4, 0.5) is 0 Å². The summed E-state index contributed by atoms with van der Waals surface area (Å²) in [6.45, 7) is 0.378. The van der Waals surface area contributed by atoms with E-state index in [1.807, 2.05) is 30.3 Å². The molecule has 0 radical (unpaired) electrons. The molecule has 0 saturated carbocycles. The second-order valence-corrected chi connectivity index (χ2v) is 4.50. The Bertz CT molecular complexity index is 605. The van der Waals surface area contributed by atoms with Crippen molar-refractivity contribution >= 4 is 5.78 Å². The Morgan fingerprint density at radius 3 is 2.68 bits per heavy atom. The molecule has 19 heavy (non-hydrogen) atoms. The first-order chi connectivity index (χ1) is 9.29. The summed E-state index contributed by atoms with van der Waals surface area (Å²) in [6.07, 6.45) is 0. The minimum absolute atomic E-state index is 0.107. The van der Waals surface area contributed by atoms with E-state index in [1.54, 1.807) is 25.3 Å². The van der Waals surface area contributed by atoms with Crippen LogP contribution in [0.2, 0.25) is 0 Å². The van der Waals surface area contributed by atoms with Crippen LogP contribution in [0.15, 0.2) is 48.5 Å². The van der Waals surface area contributed by atoms with Crippen LogP contribution in [0.25, 0.3) is 0 Å². The second-order valence-electron chi connectivity index (χ2n) is 4.50. The normalized spacial score (nSPS) is 17.5. The van der Waals surface area contributed by atoms with Gasteiger partial charge in [0.1, 0.15) is 18.1 Å². The molecule has 3 nitrogen and oxygen atoms in total. The number of benzene rings is 2. The van der Waals surface area contributed by atoms with Gasteiger partial charge < -0.3 is 9.47 Å². The smallest absolute Gasteiger partial charge is 0.177 e. The standard InChI is InChI=1S/C16H14O3/c1-18-12-7-8-13-15(9-12)19-10-14(16(13)17)11-5-3-2-4-6-11/h2-9,14H,10H2,1H3/t14-/m1/s1. The van der Waals surface area contributed by atoms with Gasteiger partial charge in [-0.3, -0.25) is 4.79 Å². The Balaban J connectivity index is 1.97. The number of ketones is 1. The molecule has 0 N–H and O–H groups in total. The quantitative estimate of drug-likeness (QED) is 0.826. The van der Waals surface area contributed by atoms with E-state index < -0.39 is 0 Å². The van der Waals surface area contributed by atoms with E-state index in [0.717, 1.165) is 5.56 Å². The molecule has 96 valence electrons. The maximum atomic E-state index is 12.5. The highest BCUT2D eigenvalue weighted by atomic mass is 16.5.